The summed E-state index contributed by atoms with van der Waals surface area (Å²) in [7, 11) is -3.85. The number of hydrogen-bond donors (Lipinski definition) is 2. The topological polar surface area (TPSA) is 128 Å². The number of pyridine rings is 1. The van der Waals surface area contributed by atoms with Crippen molar-refractivity contribution in [2.24, 2.45) is 5.14 Å². The number of allylic oxidation sites excluding steroid dienone is 1. The van der Waals surface area contributed by atoms with Crippen molar-refractivity contribution in [1.29, 1.82) is 0 Å². The number of fused-ring (bicyclic) bond motifs is 2. The van der Waals surface area contributed by atoms with Gasteiger partial charge in [-0.2, -0.15) is 0 Å². The van der Waals surface area contributed by atoms with Crippen molar-refractivity contribution in [1.82, 2.24) is 4.98 Å². The summed E-state index contributed by atoms with van der Waals surface area (Å²) in [5, 5.41) is 8.41. The number of carbonyl (C=O) groups excluding carboxylic acids is 2. The standard InChI is InChI=1S/C29H25N3O5S/c1-18(28(33)31-21-12-14-22(15-13-21)38(30,35)36)37-29(34)26-23-9-5-6-10-25(23)32-27-20(11-16-24(26)27)17-19-7-3-2-4-8-19/h2-10,12-15,17-18H,11,16H2,1H3,(H,31,33)(H2,30,35,36)/b20-17-/t18-/m1/s1. The number of aromatic nitrogens is 1. The molecule has 1 aliphatic rings. The fourth-order valence-electron chi connectivity index (χ4n) is 4.51. The molecular formula is C29H25N3O5S. The van der Waals surface area contributed by atoms with E-state index in [-0.39, 0.29) is 4.90 Å². The normalized spacial score (nSPS) is 14.7. The summed E-state index contributed by atoms with van der Waals surface area (Å²) >= 11 is 0. The van der Waals surface area contributed by atoms with Crippen molar-refractivity contribution in [3.8, 4) is 0 Å². The number of esters is 1. The first kappa shape index (κ1) is 25.3. The van der Waals surface area contributed by atoms with E-state index in [1.165, 1.54) is 31.2 Å². The predicted octanol–water partition coefficient (Wildman–Crippen LogP) is 4.55. The molecule has 8 nitrogen and oxygen atoms in total. The Morgan fingerprint density at radius 3 is 2.37 bits per heavy atom. The first-order valence-corrected chi connectivity index (χ1v) is 13.6. The van der Waals surface area contributed by atoms with Gasteiger partial charge in [0.1, 0.15) is 0 Å². The van der Waals surface area contributed by atoms with Crippen LogP contribution in [0.1, 0.15) is 40.5 Å². The molecular weight excluding hydrogens is 502 g/mol. The van der Waals surface area contributed by atoms with E-state index in [2.05, 4.69) is 11.4 Å². The number of carbonyl (C=O) groups is 2. The lowest BCUT2D eigenvalue weighted by Gasteiger charge is -2.16. The lowest BCUT2D eigenvalue weighted by atomic mass is 10.0. The molecule has 192 valence electrons. The van der Waals surface area contributed by atoms with Gasteiger partial charge in [-0.1, -0.05) is 48.5 Å². The van der Waals surface area contributed by atoms with Gasteiger partial charge in [0.05, 0.1) is 21.7 Å². The van der Waals surface area contributed by atoms with Crippen molar-refractivity contribution in [2.45, 2.75) is 30.8 Å². The fourth-order valence-corrected chi connectivity index (χ4v) is 5.02. The van der Waals surface area contributed by atoms with Crippen LogP contribution in [0.15, 0.2) is 83.8 Å². The molecule has 1 atom stereocenters. The molecule has 0 spiro atoms. The lowest BCUT2D eigenvalue weighted by molar-refractivity contribution is -0.123. The first-order chi connectivity index (χ1) is 18.2. The summed E-state index contributed by atoms with van der Waals surface area (Å²) in [4.78, 5) is 31.0. The molecule has 0 unspecified atom stereocenters. The van der Waals surface area contributed by atoms with Crippen LogP contribution < -0.4 is 10.5 Å². The summed E-state index contributed by atoms with van der Waals surface area (Å²) in [6.07, 6.45) is 2.34. The molecule has 1 amide bonds. The van der Waals surface area contributed by atoms with E-state index in [0.717, 1.165) is 28.8 Å². The molecule has 0 aliphatic heterocycles. The van der Waals surface area contributed by atoms with Crippen LogP contribution in [0.2, 0.25) is 0 Å². The van der Waals surface area contributed by atoms with E-state index in [0.29, 0.717) is 28.6 Å². The van der Waals surface area contributed by atoms with Crippen LogP contribution >= 0.6 is 0 Å². The monoisotopic (exact) mass is 527 g/mol. The third kappa shape index (κ3) is 5.20. The van der Waals surface area contributed by atoms with Gasteiger partial charge in [-0.05, 0) is 72.9 Å². The number of amides is 1. The highest BCUT2D eigenvalue weighted by atomic mass is 32.2. The van der Waals surface area contributed by atoms with Gasteiger partial charge in [-0.15, -0.1) is 0 Å². The maximum absolute atomic E-state index is 13.5. The quantitative estimate of drug-likeness (QED) is 0.354. The van der Waals surface area contributed by atoms with E-state index in [1.54, 1.807) is 0 Å². The van der Waals surface area contributed by atoms with E-state index in [1.807, 2.05) is 54.6 Å². The van der Waals surface area contributed by atoms with Gasteiger partial charge < -0.3 is 10.1 Å². The second-order valence-corrected chi connectivity index (χ2v) is 10.6. The number of rotatable bonds is 6. The van der Waals surface area contributed by atoms with E-state index < -0.39 is 28.0 Å². The summed E-state index contributed by atoms with van der Waals surface area (Å²) in [5.74, 6) is -1.16. The molecule has 0 radical (unpaired) electrons. The van der Waals surface area contributed by atoms with E-state index >= 15 is 0 Å². The van der Waals surface area contributed by atoms with Gasteiger partial charge in [0.15, 0.2) is 6.10 Å². The summed E-state index contributed by atoms with van der Waals surface area (Å²) in [6.45, 7) is 1.48. The third-order valence-corrected chi connectivity index (χ3v) is 7.32. The number of primary sulfonamides is 1. The minimum Gasteiger partial charge on any atom is -0.449 e. The number of benzene rings is 3. The fraction of sp³-hybridized carbons (Fsp3) is 0.138. The minimum absolute atomic E-state index is 0.0749. The maximum atomic E-state index is 13.5. The highest BCUT2D eigenvalue weighted by Crippen LogP contribution is 2.38. The third-order valence-electron chi connectivity index (χ3n) is 6.39. The van der Waals surface area contributed by atoms with Crippen LogP contribution in [0, 0.1) is 0 Å². The van der Waals surface area contributed by atoms with E-state index in [4.69, 9.17) is 14.9 Å². The molecule has 0 saturated heterocycles. The molecule has 3 aromatic carbocycles. The van der Waals surface area contributed by atoms with Crippen molar-refractivity contribution in [3.05, 3.63) is 101 Å². The van der Waals surface area contributed by atoms with Gasteiger partial charge in [0.2, 0.25) is 10.0 Å². The zero-order chi connectivity index (χ0) is 26.9. The number of nitrogens with two attached hydrogens (primary N) is 1. The van der Waals surface area contributed by atoms with Gasteiger partial charge in [-0.25, -0.2) is 23.3 Å². The summed E-state index contributed by atoms with van der Waals surface area (Å²) in [5.41, 5.74) is 5.10. The average molecular weight is 528 g/mol. The molecule has 0 bridgehead atoms. The van der Waals surface area contributed by atoms with Crippen LogP contribution in [0.4, 0.5) is 5.69 Å². The van der Waals surface area contributed by atoms with Crippen LogP contribution in [-0.2, 0) is 26.0 Å². The highest BCUT2D eigenvalue weighted by molar-refractivity contribution is 7.89. The molecule has 1 heterocycles. The molecule has 1 aromatic heterocycles. The molecule has 5 rings (SSSR count). The number of ether oxygens (including phenoxy) is 1. The molecule has 1 aliphatic carbocycles. The molecule has 0 saturated carbocycles. The van der Waals surface area contributed by atoms with Gasteiger partial charge >= 0.3 is 5.97 Å². The lowest BCUT2D eigenvalue weighted by Crippen LogP contribution is -2.30. The van der Waals surface area contributed by atoms with Crippen LogP contribution in [0.25, 0.3) is 22.6 Å². The molecule has 0 fully saturated rings. The van der Waals surface area contributed by atoms with Crippen LogP contribution in [-0.4, -0.2) is 31.4 Å². The predicted molar refractivity (Wildman–Crippen MR) is 146 cm³/mol. The number of anilines is 1. The van der Waals surface area contributed by atoms with Gasteiger partial charge in [0, 0.05) is 11.1 Å². The molecule has 4 aromatic rings. The van der Waals surface area contributed by atoms with Crippen molar-refractivity contribution >= 4 is 50.1 Å². The number of hydrogen-bond acceptors (Lipinski definition) is 6. The highest BCUT2D eigenvalue weighted by Gasteiger charge is 2.29. The molecule has 3 N–H and O–H groups in total. The Labute approximate surface area is 220 Å². The Morgan fingerprint density at radius 1 is 0.974 bits per heavy atom. The summed E-state index contributed by atoms with van der Waals surface area (Å²) < 4.78 is 28.5. The Bertz CT molecular complexity index is 1680. The number of nitrogens with zero attached hydrogens (tertiary/aromatic N) is 1. The van der Waals surface area contributed by atoms with Gasteiger partial charge in [-0.3, -0.25) is 4.79 Å². The number of para-hydroxylation sites is 1. The SMILES string of the molecule is C[C@@H](OC(=O)c1c2c(nc3ccccc13)/C(=C\c1ccccc1)CC2)C(=O)Nc1ccc(S(N)(=O)=O)cc1. The number of sulfonamides is 1. The van der Waals surface area contributed by atoms with Crippen molar-refractivity contribution in [3.63, 3.8) is 0 Å². The van der Waals surface area contributed by atoms with Crippen molar-refractivity contribution < 1.29 is 22.7 Å². The smallest absolute Gasteiger partial charge is 0.339 e. The Kier molecular flexibility index (Phi) is 6.79. The van der Waals surface area contributed by atoms with Crippen LogP contribution in [0.3, 0.4) is 0 Å². The first-order valence-electron chi connectivity index (χ1n) is 12.0. The molecule has 38 heavy (non-hydrogen) atoms. The molecule has 9 heteroatoms. The Balaban J connectivity index is 1.41. The minimum atomic E-state index is -3.85. The Hall–Kier alpha value is -4.34. The second-order valence-electron chi connectivity index (χ2n) is 9.02. The summed E-state index contributed by atoms with van der Waals surface area (Å²) in [6, 6.07) is 22.7. The number of nitrogens with one attached hydrogen (secondary N) is 1. The van der Waals surface area contributed by atoms with Crippen molar-refractivity contribution in [2.75, 3.05) is 5.32 Å². The zero-order valence-electron chi connectivity index (χ0n) is 20.5. The van der Waals surface area contributed by atoms with Crippen LogP contribution in [0.5, 0.6) is 0 Å². The largest absolute Gasteiger partial charge is 0.449 e. The van der Waals surface area contributed by atoms with Gasteiger partial charge in [0.25, 0.3) is 5.91 Å². The average Bonchev–Trinajstić information content (AvgIpc) is 3.29. The maximum Gasteiger partial charge on any atom is 0.339 e. The van der Waals surface area contributed by atoms with E-state index in [9.17, 15) is 18.0 Å². The second kappa shape index (κ2) is 10.2. The zero-order valence-corrected chi connectivity index (χ0v) is 21.4. The Morgan fingerprint density at radius 2 is 1.66 bits per heavy atom.